The van der Waals surface area contributed by atoms with Gasteiger partial charge in [0, 0.05) is 5.41 Å². The van der Waals surface area contributed by atoms with Gasteiger partial charge >= 0.3 is 0 Å². The zero-order chi connectivity index (χ0) is 17.1. The maximum Gasteiger partial charge on any atom is 0.203 e. The Bertz CT molecular complexity index is 454. The second kappa shape index (κ2) is 7.04. The minimum Gasteiger partial charge on any atom is -0.465 e. The van der Waals surface area contributed by atoms with E-state index in [1.807, 2.05) is 12.1 Å². The van der Waals surface area contributed by atoms with Crippen LogP contribution in [-0.4, -0.2) is 11.4 Å². The molecule has 0 aliphatic carbocycles. The fourth-order valence-corrected chi connectivity index (χ4v) is 2.80. The Labute approximate surface area is 136 Å². The van der Waals surface area contributed by atoms with Gasteiger partial charge in [-0.3, -0.25) is 0 Å². The topological polar surface area (TPSA) is 29.5 Å². The van der Waals surface area contributed by atoms with Gasteiger partial charge in [-0.05, 0) is 41.4 Å². The van der Waals surface area contributed by atoms with E-state index in [0.717, 1.165) is 12.2 Å². The lowest BCUT2D eigenvalue weighted by molar-refractivity contribution is -0.135. The van der Waals surface area contributed by atoms with E-state index in [2.05, 4.69) is 67.5 Å². The van der Waals surface area contributed by atoms with Crippen LogP contribution in [0.4, 0.5) is 0 Å². The number of rotatable bonds is 6. The lowest BCUT2D eigenvalue weighted by Gasteiger charge is -2.39. The van der Waals surface area contributed by atoms with Crippen LogP contribution in [-0.2, 0) is 5.41 Å². The lowest BCUT2D eigenvalue weighted by atomic mass is 9.72. The van der Waals surface area contributed by atoms with Gasteiger partial charge in [-0.15, -0.1) is 0 Å². The van der Waals surface area contributed by atoms with Crippen molar-refractivity contribution in [2.75, 3.05) is 0 Å². The third kappa shape index (κ3) is 4.74. The fourth-order valence-electron chi connectivity index (χ4n) is 2.80. The second-order valence-electron chi connectivity index (χ2n) is 8.50. The molecule has 0 radical (unpaired) electrons. The molecule has 2 heteroatoms. The van der Waals surface area contributed by atoms with Gasteiger partial charge in [-0.2, -0.15) is 0 Å². The molecule has 0 bridgehead atoms. The van der Waals surface area contributed by atoms with E-state index in [1.54, 1.807) is 0 Å². The Kier molecular flexibility index (Phi) is 6.09. The van der Waals surface area contributed by atoms with E-state index in [-0.39, 0.29) is 10.8 Å². The average Bonchev–Trinajstić information content (AvgIpc) is 2.37. The van der Waals surface area contributed by atoms with Crippen LogP contribution in [0.5, 0.6) is 5.75 Å². The zero-order valence-electron chi connectivity index (χ0n) is 15.6. The van der Waals surface area contributed by atoms with Gasteiger partial charge in [0.15, 0.2) is 0 Å². The van der Waals surface area contributed by atoms with Crippen molar-refractivity contribution in [2.24, 2.45) is 17.3 Å². The maximum absolute atomic E-state index is 10.6. The molecule has 1 aromatic rings. The summed E-state index contributed by atoms with van der Waals surface area (Å²) in [7, 11) is 0. The first-order chi connectivity index (χ1) is 9.96. The Balaban J connectivity index is 2.88. The fraction of sp³-hybridized carbons (Fsp3) is 0.700. The molecule has 22 heavy (non-hydrogen) atoms. The summed E-state index contributed by atoms with van der Waals surface area (Å²) in [5.74, 6) is 1.60. The standard InChI is InChI=1S/C20H34O2/c1-14(2)13-20(8,15(3)4)18(21)22-17-11-9-16(10-12-17)19(5,6)7/h9-12,14-15,18,21H,13H2,1-8H3. The van der Waals surface area contributed by atoms with Crippen LogP contribution in [0.3, 0.4) is 0 Å². The molecule has 0 aliphatic rings. The molecule has 0 saturated carbocycles. The van der Waals surface area contributed by atoms with E-state index in [0.29, 0.717) is 11.8 Å². The highest BCUT2D eigenvalue weighted by Gasteiger charge is 2.38. The summed E-state index contributed by atoms with van der Waals surface area (Å²) in [6, 6.07) is 8.08. The van der Waals surface area contributed by atoms with Crippen molar-refractivity contribution in [3.05, 3.63) is 29.8 Å². The smallest absolute Gasteiger partial charge is 0.203 e. The lowest BCUT2D eigenvalue weighted by Crippen LogP contribution is -2.42. The first-order valence-electron chi connectivity index (χ1n) is 8.42. The Morgan fingerprint density at radius 1 is 0.955 bits per heavy atom. The summed E-state index contributed by atoms with van der Waals surface area (Å²) in [6.45, 7) is 17.4. The van der Waals surface area contributed by atoms with Crippen LogP contribution in [0, 0.1) is 17.3 Å². The van der Waals surface area contributed by atoms with Crippen LogP contribution in [0.1, 0.15) is 67.4 Å². The van der Waals surface area contributed by atoms with E-state index in [1.165, 1.54) is 5.56 Å². The van der Waals surface area contributed by atoms with Crippen molar-refractivity contribution < 1.29 is 9.84 Å². The van der Waals surface area contributed by atoms with E-state index < -0.39 is 6.29 Å². The predicted octanol–water partition coefficient (Wildman–Crippen LogP) is 5.39. The van der Waals surface area contributed by atoms with Crippen molar-refractivity contribution in [2.45, 2.75) is 73.5 Å². The molecule has 2 unspecified atom stereocenters. The number of aliphatic hydroxyl groups is 1. The van der Waals surface area contributed by atoms with E-state index >= 15 is 0 Å². The molecule has 0 aliphatic heterocycles. The van der Waals surface area contributed by atoms with Gasteiger partial charge in [0.05, 0.1) is 0 Å². The van der Waals surface area contributed by atoms with Crippen molar-refractivity contribution in [3.63, 3.8) is 0 Å². The molecule has 0 saturated heterocycles. The Morgan fingerprint density at radius 3 is 1.82 bits per heavy atom. The molecule has 126 valence electrons. The average molecular weight is 306 g/mol. The van der Waals surface area contributed by atoms with Crippen molar-refractivity contribution >= 4 is 0 Å². The quantitative estimate of drug-likeness (QED) is 0.714. The Hall–Kier alpha value is -1.02. The van der Waals surface area contributed by atoms with Gasteiger partial charge in [-0.25, -0.2) is 0 Å². The van der Waals surface area contributed by atoms with Gasteiger partial charge in [0.1, 0.15) is 5.75 Å². The normalized spacial score (nSPS) is 16.7. The van der Waals surface area contributed by atoms with Crippen LogP contribution in [0.2, 0.25) is 0 Å². The Morgan fingerprint density at radius 2 is 1.45 bits per heavy atom. The summed E-state index contributed by atoms with van der Waals surface area (Å²) in [5.41, 5.74) is 1.14. The third-order valence-electron chi connectivity index (χ3n) is 4.70. The number of aliphatic hydroxyl groups excluding tert-OH is 1. The minimum atomic E-state index is -0.796. The van der Waals surface area contributed by atoms with Crippen molar-refractivity contribution in [3.8, 4) is 5.75 Å². The molecule has 0 spiro atoms. The third-order valence-corrected chi connectivity index (χ3v) is 4.70. The van der Waals surface area contributed by atoms with E-state index in [4.69, 9.17) is 4.74 Å². The molecular weight excluding hydrogens is 272 g/mol. The molecule has 1 rings (SSSR count). The predicted molar refractivity (Wildman–Crippen MR) is 94.2 cm³/mol. The summed E-state index contributed by atoms with van der Waals surface area (Å²) in [4.78, 5) is 0. The summed E-state index contributed by atoms with van der Waals surface area (Å²) in [6.07, 6.45) is 0.140. The highest BCUT2D eigenvalue weighted by Crippen LogP contribution is 2.38. The van der Waals surface area contributed by atoms with Gasteiger partial charge in [0.2, 0.25) is 6.29 Å². The molecule has 2 atom stereocenters. The summed E-state index contributed by atoms with van der Waals surface area (Å²) >= 11 is 0. The number of hydrogen-bond acceptors (Lipinski definition) is 2. The largest absolute Gasteiger partial charge is 0.465 e. The van der Waals surface area contributed by atoms with Crippen molar-refractivity contribution in [1.29, 1.82) is 0 Å². The van der Waals surface area contributed by atoms with Crippen molar-refractivity contribution in [1.82, 2.24) is 0 Å². The number of hydrogen-bond donors (Lipinski definition) is 1. The molecular formula is C20H34O2. The highest BCUT2D eigenvalue weighted by atomic mass is 16.6. The van der Waals surface area contributed by atoms with Gasteiger partial charge in [0.25, 0.3) is 0 Å². The molecule has 0 amide bonds. The maximum atomic E-state index is 10.6. The zero-order valence-corrected chi connectivity index (χ0v) is 15.6. The summed E-state index contributed by atoms with van der Waals surface area (Å²) < 4.78 is 5.86. The molecule has 1 N–H and O–H groups in total. The number of benzene rings is 1. The van der Waals surface area contributed by atoms with Crippen LogP contribution < -0.4 is 4.74 Å². The molecule has 2 nitrogen and oxygen atoms in total. The van der Waals surface area contributed by atoms with Crippen LogP contribution in [0.15, 0.2) is 24.3 Å². The molecule has 0 aromatic heterocycles. The van der Waals surface area contributed by atoms with E-state index in [9.17, 15) is 5.11 Å². The minimum absolute atomic E-state index is 0.126. The molecule has 0 fully saturated rings. The van der Waals surface area contributed by atoms with Crippen LogP contribution >= 0.6 is 0 Å². The number of ether oxygens (including phenoxy) is 1. The second-order valence-corrected chi connectivity index (χ2v) is 8.50. The van der Waals surface area contributed by atoms with Gasteiger partial charge in [-0.1, -0.05) is 67.5 Å². The SMILES string of the molecule is CC(C)CC(C)(C(C)C)C(O)Oc1ccc(C(C)(C)C)cc1. The highest BCUT2D eigenvalue weighted by molar-refractivity contribution is 5.31. The van der Waals surface area contributed by atoms with Gasteiger partial charge < -0.3 is 9.84 Å². The molecule has 1 aromatic carbocycles. The first-order valence-corrected chi connectivity index (χ1v) is 8.42. The first kappa shape index (κ1) is 19.0. The van der Waals surface area contributed by atoms with Crippen LogP contribution in [0.25, 0.3) is 0 Å². The molecule has 0 heterocycles. The summed E-state index contributed by atoms with van der Waals surface area (Å²) in [5, 5.41) is 10.6. The monoisotopic (exact) mass is 306 g/mol.